The molecule has 3 aromatic carbocycles. The van der Waals surface area contributed by atoms with Crippen molar-refractivity contribution in [3.8, 4) is 11.5 Å². The monoisotopic (exact) mass is 485 g/mol. The van der Waals surface area contributed by atoms with E-state index < -0.39 is 17.7 Å². The van der Waals surface area contributed by atoms with Crippen molar-refractivity contribution in [2.24, 2.45) is 5.92 Å². The molecule has 0 spiro atoms. The Morgan fingerprint density at radius 2 is 1.89 bits per heavy atom. The molecule has 0 unspecified atom stereocenters. The number of hydrogen-bond donors (Lipinski definition) is 2. The topological polar surface area (TPSA) is 79.9 Å². The summed E-state index contributed by atoms with van der Waals surface area (Å²) >= 11 is 0. The van der Waals surface area contributed by atoms with Crippen LogP contribution in [0.5, 0.6) is 11.5 Å². The lowest BCUT2D eigenvalue weighted by Crippen LogP contribution is -2.71. The van der Waals surface area contributed by atoms with Gasteiger partial charge in [-0.3, -0.25) is 9.69 Å². The molecule has 3 aromatic rings. The summed E-state index contributed by atoms with van der Waals surface area (Å²) in [7, 11) is 0. The highest BCUT2D eigenvalue weighted by Crippen LogP contribution is 2.52. The number of aryl methyl sites for hydroxylation is 2. The summed E-state index contributed by atoms with van der Waals surface area (Å²) in [5.41, 5.74) is 3.24. The van der Waals surface area contributed by atoms with E-state index in [1.54, 1.807) is 4.90 Å². The van der Waals surface area contributed by atoms with E-state index in [2.05, 4.69) is 10.6 Å². The molecule has 2 heterocycles. The van der Waals surface area contributed by atoms with Crippen molar-refractivity contribution >= 4 is 17.6 Å². The molecular weight excluding hydrogens is 454 g/mol. The largest absolute Gasteiger partial charge is 0.490 e. The number of carbonyl (C=O) groups is 2. The van der Waals surface area contributed by atoms with Gasteiger partial charge in [0.2, 0.25) is 5.91 Å². The van der Waals surface area contributed by atoms with Crippen molar-refractivity contribution in [3.63, 3.8) is 0 Å². The van der Waals surface area contributed by atoms with Gasteiger partial charge in [-0.15, -0.1) is 0 Å². The highest BCUT2D eigenvalue weighted by atomic mass is 16.5. The van der Waals surface area contributed by atoms with Crippen molar-refractivity contribution in [1.29, 1.82) is 0 Å². The standard InChI is InChI=1S/C29H31N3O4/c1-5-35-23-13-9-12-21-25-24(27(33)30-22-15-14-18(2)16-19(22)3)29(4,36-26(21)23)32(28(34)31-25)17-20-10-7-6-8-11-20/h6-16,24-25H,5,17H2,1-4H3,(H,30,33)(H,31,34)/t24-,25-,29-/m0/s1. The Morgan fingerprint density at radius 1 is 1.11 bits per heavy atom. The Balaban J connectivity index is 1.59. The van der Waals surface area contributed by atoms with E-state index in [4.69, 9.17) is 9.47 Å². The first kappa shape index (κ1) is 23.7. The molecule has 2 aliphatic rings. The fraction of sp³-hybridized carbons (Fsp3) is 0.310. The minimum atomic E-state index is -1.26. The Labute approximate surface area is 211 Å². The first-order valence-electron chi connectivity index (χ1n) is 12.3. The zero-order chi connectivity index (χ0) is 25.4. The summed E-state index contributed by atoms with van der Waals surface area (Å²) in [5.74, 6) is 0.208. The van der Waals surface area contributed by atoms with Crippen LogP contribution in [0.2, 0.25) is 0 Å². The number of ether oxygens (including phenoxy) is 2. The number of hydrogen-bond acceptors (Lipinski definition) is 4. The molecule has 3 amide bonds. The van der Waals surface area contributed by atoms with Gasteiger partial charge in [0, 0.05) is 11.3 Å². The Morgan fingerprint density at radius 3 is 2.61 bits per heavy atom. The zero-order valence-corrected chi connectivity index (χ0v) is 21.0. The van der Waals surface area contributed by atoms with Crippen molar-refractivity contribution < 1.29 is 19.1 Å². The lowest BCUT2D eigenvalue weighted by atomic mass is 9.78. The summed E-state index contributed by atoms with van der Waals surface area (Å²) in [6.45, 7) is 8.47. The fourth-order valence-electron chi connectivity index (χ4n) is 5.27. The number of rotatable bonds is 6. The third-order valence-corrected chi connectivity index (χ3v) is 7.03. The molecule has 2 bridgehead atoms. The van der Waals surface area contributed by atoms with E-state index in [9.17, 15) is 9.59 Å². The van der Waals surface area contributed by atoms with Gasteiger partial charge in [0.25, 0.3) is 0 Å². The smallest absolute Gasteiger partial charge is 0.321 e. The van der Waals surface area contributed by atoms with Gasteiger partial charge in [0.15, 0.2) is 17.2 Å². The van der Waals surface area contributed by atoms with Gasteiger partial charge in [-0.1, -0.05) is 60.2 Å². The first-order valence-corrected chi connectivity index (χ1v) is 12.3. The molecule has 3 atom stereocenters. The summed E-state index contributed by atoms with van der Waals surface area (Å²) in [5, 5.41) is 6.20. The van der Waals surface area contributed by atoms with Crippen molar-refractivity contribution in [1.82, 2.24) is 10.2 Å². The highest BCUT2D eigenvalue weighted by molar-refractivity contribution is 5.96. The molecule has 0 radical (unpaired) electrons. The van der Waals surface area contributed by atoms with Crippen LogP contribution in [0.15, 0.2) is 66.7 Å². The van der Waals surface area contributed by atoms with Gasteiger partial charge in [0.1, 0.15) is 5.92 Å². The van der Waals surface area contributed by atoms with E-state index in [1.807, 2.05) is 94.4 Å². The van der Waals surface area contributed by atoms with Crippen LogP contribution in [0, 0.1) is 19.8 Å². The van der Waals surface area contributed by atoms with Gasteiger partial charge < -0.3 is 20.1 Å². The fourth-order valence-corrected chi connectivity index (χ4v) is 5.27. The van der Waals surface area contributed by atoms with E-state index >= 15 is 0 Å². The lowest BCUT2D eigenvalue weighted by Gasteiger charge is -2.54. The van der Waals surface area contributed by atoms with Gasteiger partial charge in [-0.25, -0.2) is 4.79 Å². The molecule has 36 heavy (non-hydrogen) atoms. The Hall–Kier alpha value is -4.00. The predicted octanol–water partition coefficient (Wildman–Crippen LogP) is 5.33. The average Bonchev–Trinajstić information content (AvgIpc) is 2.85. The number of para-hydroxylation sites is 1. The number of fused-ring (bicyclic) bond motifs is 4. The molecule has 0 saturated carbocycles. The maximum absolute atomic E-state index is 13.9. The molecule has 0 aromatic heterocycles. The second kappa shape index (κ2) is 9.22. The van der Waals surface area contributed by atoms with Gasteiger partial charge >= 0.3 is 6.03 Å². The number of nitrogens with zero attached hydrogens (tertiary/aromatic N) is 1. The van der Waals surface area contributed by atoms with Crippen molar-refractivity contribution in [2.75, 3.05) is 11.9 Å². The third kappa shape index (κ3) is 4.04. The van der Waals surface area contributed by atoms with Crippen LogP contribution < -0.4 is 20.1 Å². The van der Waals surface area contributed by atoms with Gasteiger partial charge in [-0.2, -0.15) is 0 Å². The van der Waals surface area contributed by atoms with Gasteiger partial charge in [0.05, 0.1) is 19.2 Å². The second-order valence-corrected chi connectivity index (χ2v) is 9.55. The van der Waals surface area contributed by atoms with Crippen LogP contribution in [-0.4, -0.2) is 29.2 Å². The predicted molar refractivity (Wildman–Crippen MR) is 138 cm³/mol. The van der Waals surface area contributed by atoms with Crippen molar-refractivity contribution in [3.05, 3.63) is 89.0 Å². The molecule has 7 heteroatoms. The number of urea groups is 1. The molecule has 2 aliphatic heterocycles. The minimum absolute atomic E-state index is 0.222. The molecule has 0 aliphatic carbocycles. The minimum Gasteiger partial charge on any atom is -0.490 e. The summed E-state index contributed by atoms with van der Waals surface area (Å²) < 4.78 is 12.5. The number of anilines is 1. The maximum Gasteiger partial charge on any atom is 0.321 e. The SMILES string of the molecule is CCOc1cccc2c1O[C@@]1(C)[C@H](C(=O)Nc3ccc(C)cc3C)[C@H]2NC(=O)N1Cc1ccccc1. The van der Waals surface area contributed by atoms with Crippen molar-refractivity contribution in [2.45, 2.75) is 46.0 Å². The highest BCUT2D eigenvalue weighted by Gasteiger charge is 2.60. The summed E-state index contributed by atoms with van der Waals surface area (Å²) in [6, 6.07) is 20.3. The molecule has 5 rings (SSSR count). The van der Waals surface area contributed by atoms with Crippen LogP contribution in [0.3, 0.4) is 0 Å². The van der Waals surface area contributed by atoms with Crippen LogP contribution in [-0.2, 0) is 11.3 Å². The van der Waals surface area contributed by atoms with E-state index in [0.717, 1.165) is 27.9 Å². The van der Waals surface area contributed by atoms with E-state index in [0.29, 0.717) is 18.1 Å². The quantitative estimate of drug-likeness (QED) is 0.495. The lowest BCUT2D eigenvalue weighted by molar-refractivity contribution is -0.156. The molecule has 7 nitrogen and oxygen atoms in total. The second-order valence-electron chi connectivity index (χ2n) is 9.55. The van der Waals surface area contributed by atoms with Crippen LogP contribution in [0.1, 0.15) is 42.1 Å². The number of amides is 3. The zero-order valence-electron chi connectivity index (χ0n) is 21.0. The molecule has 186 valence electrons. The third-order valence-electron chi connectivity index (χ3n) is 7.03. The van der Waals surface area contributed by atoms with E-state index in [-0.39, 0.29) is 18.5 Å². The molecule has 1 fully saturated rings. The number of carbonyl (C=O) groups excluding carboxylic acids is 2. The average molecular weight is 486 g/mol. The summed E-state index contributed by atoms with van der Waals surface area (Å²) in [6.07, 6.45) is 0. The Bertz CT molecular complexity index is 1310. The molecular formula is C29H31N3O4. The summed E-state index contributed by atoms with van der Waals surface area (Å²) in [4.78, 5) is 29.0. The maximum atomic E-state index is 13.9. The van der Waals surface area contributed by atoms with Crippen LogP contribution in [0.4, 0.5) is 10.5 Å². The molecule has 2 N–H and O–H groups in total. The Kier molecular flexibility index (Phi) is 6.08. The normalized spacial score (nSPS) is 22.2. The van der Waals surface area contributed by atoms with E-state index in [1.165, 1.54) is 0 Å². The number of nitrogens with one attached hydrogen (secondary N) is 2. The van der Waals surface area contributed by atoms with Crippen LogP contribution >= 0.6 is 0 Å². The first-order chi connectivity index (χ1) is 17.3. The molecule has 1 saturated heterocycles. The van der Waals surface area contributed by atoms with Crippen LogP contribution in [0.25, 0.3) is 0 Å². The number of benzene rings is 3. The van der Waals surface area contributed by atoms with Gasteiger partial charge in [-0.05, 0) is 51.0 Å².